The highest BCUT2D eigenvalue weighted by Gasteiger charge is 2.44. The number of pyridine rings is 1. The fraction of sp³-hybridized carbons (Fsp3) is 0.400. The fourth-order valence-electron chi connectivity index (χ4n) is 2.50. The summed E-state index contributed by atoms with van der Waals surface area (Å²) < 4.78 is 33.4. The molecule has 2 aromatic rings. The van der Waals surface area contributed by atoms with Gasteiger partial charge in [-0.1, -0.05) is 18.2 Å². The Morgan fingerprint density at radius 3 is 2.41 bits per heavy atom. The molecule has 0 N–H and O–H groups in total. The Balaban J connectivity index is 1.99. The second kappa shape index (κ2) is 8.99. The number of benzene rings is 1. The van der Waals surface area contributed by atoms with Crippen LogP contribution in [0.2, 0.25) is 0 Å². The van der Waals surface area contributed by atoms with Crippen LogP contribution in [0.1, 0.15) is 31.5 Å². The lowest BCUT2D eigenvalue weighted by molar-refractivity contribution is -0.146. The van der Waals surface area contributed by atoms with Crippen molar-refractivity contribution in [1.82, 2.24) is 4.98 Å². The average molecular weight is 391 g/mol. The molecule has 7 heteroatoms. The first-order valence-corrected chi connectivity index (χ1v) is 10.6. The molecule has 1 aromatic carbocycles. The summed E-state index contributed by atoms with van der Waals surface area (Å²) >= 11 is 0. The number of sulfone groups is 1. The number of aryl methyl sites for hydroxylation is 1. The van der Waals surface area contributed by atoms with Crippen molar-refractivity contribution >= 4 is 15.8 Å². The van der Waals surface area contributed by atoms with E-state index in [1.807, 2.05) is 42.5 Å². The fourth-order valence-corrected chi connectivity index (χ4v) is 3.33. The molecule has 0 spiro atoms. The molecule has 0 amide bonds. The van der Waals surface area contributed by atoms with Gasteiger partial charge in [0.1, 0.15) is 12.4 Å². The van der Waals surface area contributed by atoms with E-state index >= 15 is 0 Å². The van der Waals surface area contributed by atoms with Crippen molar-refractivity contribution in [2.45, 2.75) is 38.0 Å². The lowest BCUT2D eigenvalue weighted by atomic mass is 10.00. The molecule has 0 aliphatic heterocycles. The van der Waals surface area contributed by atoms with Gasteiger partial charge in [-0.2, -0.15) is 0 Å². The van der Waals surface area contributed by atoms with E-state index in [4.69, 9.17) is 9.47 Å². The number of hydrogen-bond acceptors (Lipinski definition) is 6. The van der Waals surface area contributed by atoms with Gasteiger partial charge in [-0.3, -0.25) is 9.78 Å². The SMILES string of the molecule is CCOC(=O)C(C)(CCc1ccc(OCc2ccccn2)cc1)S(C)(=O)=O. The maximum absolute atomic E-state index is 12.2. The van der Waals surface area contributed by atoms with Crippen LogP contribution in [0.3, 0.4) is 0 Å². The van der Waals surface area contributed by atoms with Crippen molar-refractivity contribution in [3.05, 3.63) is 59.9 Å². The molecular weight excluding hydrogens is 366 g/mol. The maximum Gasteiger partial charge on any atom is 0.327 e. The second-order valence-electron chi connectivity index (χ2n) is 6.48. The van der Waals surface area contributed by atoms with Crippen molar-refractivity contribution in [3.63, 3.8) is 0 Å². The van der Waals surface area contributed by atoms with E-state index in [0.717, 1.165) is 17.5 Å². The van der Waals surface area contributed by atoms with Crippen LogP contribution in [0.4, 0.5) is 0 Å². The highest BCUT2D eigenvalue weighted by atomic mass is 32.2. The van der Waals surface area contributed by atoms with Gasteiger partial charge in [-0.05, 0) is 56.5 Å². The third-order valence-corrected chi connectivity index (χ3v) is 6.46. The van der Waals surface area contributed by atoms with Crippen molar-refractivity contribution in [1.29, 1.82) is 0 Å². The number of carbonyl (C=O) groups excluding carboxylic acids is 1. The first-order chi connectivity index (χ1) is 12.8. The van der Waals surface area contributed by atoms with E-state index < -0.39 is 20.6 Å². The molecule has 2 rings (SSSR count). The summed E-state index contributed by atoms with van der Waals surface area (Å²) in [6.45, 7) is 3.59. The van der Waals surface area contributed by atoms with Crippen LogP contribution in [-0.2, 0) is 32.4 Å². The number of ether oxygens (including phenoxy) is 2. The van der Waals surface area contributed by atoms with Gasteiger partial charge < -0.3 is 9.47 Å². The van der Waals surface area contributed by atoms with Crippen LogP contribution in [0, 0.1) is 0 Å². The molecule has 0 fully saturated rings. The van der Waals surface area contributed by atoms with E-state index in [9.17, 15) is 13.2 Å². The normalized spacial score (nSPS) is 13.6. The van der Waals surface area contributed by atoms with Crippen LogP contribution >= 0.6 is 0 Å². The van der Waals surface area contributed by atoms with E-state index in [0.29, 0.717) is 18.8 Å². The smallest absolute Gasteiger partial charge is 0.327 e. The molecule has 6 nitrogen and oxygen atoms in total. The zero-order chi connectivity index (χ0) is 19.9. The number of hydrogen-bond donors (Lipinski definition) is 0. The van der Waals surface area contributed by atoms with E-state index in [1.54, 1.807) is 13.1 Å². The van der Waals surface area contributed by atoms with E-state index in [2.05, 4.69) is 4.98 Å². The summed E-state index contributed by atoms with van der Waals surface area (Å²) in [6.07, 6.45) is 3.37. The topological polar surface area (TPSA) is 82.6 Å². The molecule has 1 unspecified atom stereocenters. The van der Waals surface area contributed by atoms with Crippen molar-refractivity contribution in [3.8, 4) is 5.75 Å². The number of aromatic nitrogens is 1. The van der Waals surface area contributed by atoms with E-state index in [-0.39, 0.29) is 13.0 Å². The Bertz CT molecular complexity index is 850. The van der Waals surface area contributed by atoms with Gasteiger partial charge in [0.05, 0.1) is 12.3 Å². The van der Waals surface area contributed by atoms with Gasteiger partial charge in [0, 0.05) is 12.5 Å². The molecule has 0 radical (unpaired) electrons. The molecule has 27 heavy (non-hydrogen) atoms. The predicted molar refractivity (Wildman–Crippen MR) is 103 cm³/mol. The molecule has 0 saturated carbocycles. The molecule has 146 valence electrons. The summed E-state index contributed by atoms with van der Waals surface area (Å²) in [5.74, 6) is -0.0107. The minimum atomic E-state index is -3.61. The third kappa shape index (κ3) is 5.53. The van der Waals surface area contributed by atoms with Gasteiger partial charge in [-0.25, -0.2) is 8.42 Å². The lowest BCUT2D eigenvalue weighted by Gasteiger charge is -2.25. The number of rotatable bonds is 9. The van der Waals surface area contributed by atoms with Crippen molar-refractivity contribution in [2.24, 2.45) is 0 Å². The summed E-state index contributed by atoms with van der Waals surface area (Å²) in [6, 6.07) is 13.0. The molecule has 0 aliphatic rings. The largest absolute Gasteiger partial charge is 0.487 e. The van der Waals surface area contributed by atoms with Crippen LogP contribution < -0.4 is 4.74 Å². The van der Waals surface area contributed by atoms with Crippen molar-refractivity contribution < 1.29 is 22.7 Å². The Kier molecular flexibility index (Phi) is 6.96. The summed E-state index contributed by atoms with van der Waals surface area (Å²) in [5.41, 5.74) is 1.75. The lowest BCUT2D eigenvalue weighted by Crippen LogP contribution is -2.44. The molecule has 1 heterocycles. The number of nitrogens with zero attached hydrogens (tertiary/aromatic N) is 1. The molecule has 1 aromatic heterocycles. The number of carbonyl (C=O) groups is 1. The highest BCUT2D eigenvalue weighted by molar-refractivity contribution is 7.92. The summed E-state index contributed by atoms with van der Waals surface area (Å²) in [7, 11) is -3.61. The molecule has 0 saturated heterocycles. The molecule has 0 aliphatic carbocycles. The molecule has 0 bridgehead atoms. The zero-order valence-electron chi connectivity index (χ0n) is 15.8. The van der Waals surface area contributed by atoms with Crippen LogP contribution in [0.5, 0.6) is 5.75 Å². The Morgan fingerprint density at radius 2 is 1.85 bits per heavy atom. The Labute approximate surface area is 160 Å². The average Bonchev–Trinajstić information content (AvgIpc) is 2.65. The van der Waals surface area contributed by atoms with Crippen LogP contribution in [-0.4, -0.2) is 37.0 Å². The zero-order valence-corrected chi connectivity index (χ0v) is 16.7. The quantitative estimate of drug-likeness (QED) is 0.611. The molecular formula is C20H25NO5S. The first kappa shape index (κ1) is 20.9. The van der Waals surface area contributed by atoms with E-state index in [1.165, 1.54) is 6.92 Å². The summed E-state index contributed by atoms with van der Waals surface area (Å²) in [4.78, 5) is 16.4. The van der Waals surface area contributed by atoms with Gasteiger partial charge in [-0.15, -0.1) is 0 Å². The van der Waals surface area contributed by atoms with Gasteiger partial charge in [0.25, 0.3) is 0 Å². The second-order valence-corrected chi connectivity index (χ2v) is 8.92. The van der Waals surface area contributed by atoms with Crippen LogP contribution in [0.25, 0.3) is 0 Å². The van der Waals surface area contributed by atoms with Crippen molar-refractivity contribution in [2.75, 3.05) is 12.9 Å². The minimum Gasteiger partial charge on any atom is -0.487 e. The van der Waals surface area contributed by atoms with Gasteiger partial charge >= 0.3 is 5.97 Å². The highest BCUT2D eigenvalue weighted by Crippen LogP contribution is 2.26. The number of esters is 1. The first-order valence-electron chi connectivity index (χ1n) is 8.75. The standard InChI is InChI=1S/C20H25NO5S/c1-4-25-19(22)20(2,27(3,23)24)13-12-16-8-10-18(11-9-16)26-15-17-7-5-6-14-21-17/h5-11,14H,4,12-13,15H2,1-3H3. The Hall–Kier alpha value is -2.41. The maximum atomic E-state index is 12.2. The van der Waals surface area contributed by atoms with Gasteiger partial charge in [0.15, 0.2) is 14.6 Å². The monoisotopic (exact) mass is 391 g/mol. The minimum absolute atomic E-state index is 0.145. The molecule has 1 atom stereocenters. The Morgan fingerprint density at radius 1 is 1.15 bits per heavy atom. The van der Waals surface area contributed by atoms with Crippen LogP contribution in [0.15, 0.2) is 48.7 Å². The summed E-state index contributed by atoms with van der Waals surface area (Å²) in [5, 5.41) is 0. The van der Waals surface area contributed by atoms with Gasteiger partial charge in [0.2, 0.25) is 0 Å². The third-order valence-electron chi connectivity index (χ3n) is 4.45. The predicted octanol–water partition coefficient (Wildman–Crippen LogP) is 2.96.